The number of phenols is 2. The zero-order chi connectivity index (χ0) is 12.4. The minimum atomic E-state index is 0.136. The number of aromatic hydroxyl groups is 2. The van der Waals surface area contributed by atoms with Crippen LogP contribution in [-0.4, -0.2) is 27.7 Å². The second-order valence-corrected chi connectivity index (χ2v) is 5.04. The number of phenolic OH excluding ortho intramolecular Hbond substituents is 2. The zero-order valence-electron chi connectivity index (χ0n) is 10.6. The van der Waals surface area contributed by atoms with E-state index in [1.807, 2.05) is 0 Å². The van der Waals surface area contributed by atoms with Gasteiger partial charge in [-0.1, -0.05) is 6.42 Å². The summed E-state index contributed by atoms with van der Waals surface area (Å²) in [6, 6.07) is 5.67. The van der Waals surface area contributed by atoms with Crippen LogP contribution in [0.15, 0.2) is 18.2 Å². The third kappa shape index (κ3) is 2.72. The molecule has 3 heteroatoms. The van der Waals surface area contributed by atoms with E-state index in [1.54, 1.807) is 12.1 Å². The number of benzene rings is 1. The Bertz CT molecular complexity index is 372. The van der Waals surface area contributed by atoms with E-state index in [0.29, 0.717) is 6.04 Å². The molecule has 1 aliphatic heterocycles. The van der Waals surface area contributed by atoms with Crippen LogP contribution in [0.2, 0.25) is 0 Å². The number of likely N-dealkylation sites (tertiary alicyclic amines) is 1. The van der Waals surface area contributed by atoms with Gasteiger partial charge in [0, 0.05) is 18.2 Å². The second-order valence-electron chi connectivity index (χ2n) is 5.04. The van der Waals surface area contributed by atoms with E-state index >= 15 is 0 Å². The van der Waals surface area contributed by atoms with Crippen LogP contribution in [0, 0.1) is 0 Å². The maximum absolute atomic E-state index is 9.53. The highest BCUT2D eigenvalue weighted by molar-refractivity contribution is 5.38. The van der Waals surface area contributed by atoms with E-state index in [2.05, 4.69) is 18.7 Å². The molecule has 1 aromatic rings. The number of rotatable bonds is 2. The van der Waals surface area contributed by atoms with Gasteiger partial charge in [0.05, 0.1) is 0 Å². The van der Waals surface area contributed by atoms with E-state index < -0.39 is 0 Å². The first-order valence-electron chi connectivity index (χ1n) is 6.36. The first-order chi connectivity index (χ1) is 8.08. The van der Waals surface area contributed by atoms with Crippen molar-refractivity contribution in [1.29, 1.82) is 0 Å². The Morgan fingerprint density at radius 1 is 1.18 bits per heavy atom. The minimum Gasteiger partial charge on any atom is -0.508 e. The minimum absolute atomic E-state index is 0.136. The molecule has 1 saturated heterocycles. The molecule has 1 fully saturated rings. The predicted octanol–water partition coefficient (Wildman–Crippen LogP) is 3.03. The van der Waals surface area contributed by atoms with Crippen molar-refractivity contribution in [2.24, 2.45) is 0 Å². The molecule has 1 aromatic carbocycles. The standard InChI is InChI=1S/C14H21NO2/c1-10-5-3-4-6-15(10)11(2)12-7-13(16)9-14(17)8-12/h7-11,16-17H,3-6H2,1-2H3. The van der Waals surface area contributed by atoms with Crippen LogP contribution in [0.1, 0.15) is 44.7 Å². The van der Waals surface area contributed by atoms with E-state index in [1.165, 1.54) is 25.3 Å². The van der Waals surface area contributed by atoms with Gasteiger partial charge < -0.3 is 10.2 Å². The second kappa shape index (κ2) is 4.96. The van der Waals surface area contributed by atoms with Crippen LogP contribution >= 0.6 is 0 Å². The molecule has 2 rings (SSSR count). The summed E-state index contributed by atoms with van der Waals surface area (Å²) >= 11 is 0. The first-order valence-corrected chi connectivity index (χ1v) is 6.36. The van der Waals surface area contributed by atoms with Gasteiger partial charge in [0.1, 0.15) is 11.5 Å². The lowest BCUT2D eigenvalue weighted by Gasteiger charge is -2.38. The fraction of sp³-hybridized carbons (Fsp3) is 0.571. The molecule has 1 aliphatic rings. The molecule has 17 heavy (non-hydrogen) atoms. The third-order valence-corrected chi connectivity index (χ3v) is 3.76. The summed E-state index contributed by atoms with van der Waals surface area (Å²) in [6.45, 7) is 5.48. The van der Waals surface area contributed by atoms with Crippen molar-refractivity contribution >= 4 is 0 Å². The molecule has 2 N–H and O–H groups in total. The molecule has 2 unspecified atom stereocenters. The van der Waals surface area contributed by atoms with Gasteiger partial charge in [-0.2, -0.15) is 0 Å². The van der Waals surface area contributed by atoms with Crippen molar-refractivity contribution in [3.8, 4) is 11.5 Å². The van der Waals surface area contributed by atoms with Gasteiger partial charge in [0.2, 0.25) is 0 Å². The number of nitrogens with zero attached hydrogens (tertiary/aromatic N) is 1. The molecule has 0 aliphatic carbocycles. The molecule has 0 aromatic heterocycles. The number of hydrogen-bond donors (Lipinski definition) is 2. The van der Waals surface area contributed by atoms with Crippen molar-refractivity contribution in [2.75, 3.05) is 6.54 Å². The average Bonchev–Trinajstić information content (AvgIpc) is 2.27. The molecule has 0 saturated carbocycles. The summed E-state index contributed by atoms with van der Waals surface area (Å²) in [5.41, 5.74) is 0.983. The fourth-order valence-electron chi connectivity index (χ4n) is 2.75. The Morgan fingerprint density at radius 3 is 2.41 bits per heavy atom. The molecule has 94 valence electrons. The molecule has 0 amide bonds. The van der Waals surface area contributed by atoms with Gasteiger partial charge in [-0.05, 0) is 50.9 Å². The first kappa shape index (κ1) is 12.2. The Balaban J connectivity index is 2.20. The van der Waals surface area contributed by atoms with Gasteiger partial charge in [0.15, 0.2) is 0 Å². The molecule has 2 atom stereocenters. The topological polar surface area (TPSA) is 43.7 Å². The van der Waals surface area contributed by atoms with E-state index in [4.69, 9.17) is 0 Å². The molecule has 3 nitrogen and oxygen atoms in total. The molecule has 0 spiro atoms. The monoisotopic (exact) mass is 235 g/mol. The molecular formula is C14H21NO2. The number of piperidine rings is 1. The van der Waals surface area contributed by atoms with E-state index in [-0.39, 0.29) is 17.5 Å². The van der Waals surface area contributed by atoms with Crippen molar-refractivity contribution in [2.45, 2.75) is 45.2 Å². The van der Waals surface area contributed by atoms with E-state index in [9.17, 15) is 10.2 Å². The highest BCUT2D eigenvalue weighted by Gasteiger charge is 2.24. The smallest absolute Gasteiger partial charge is 0.119 e. The summed E-state index contributed by atoms with van der Waals surface area (Å²) < 4.78 is 0. The van der Waals surface area contributed by atoms with Crippen molar-refractivity contribution in [3.05, 3.63) is 23.8 Å². The van der Waals surface area contributed by atoms with Gasteiger partial charge in [-0.3, -0.25) is 4.90 Å². The highest BCUT2D eigenvalue weighted by Crippen LogP contribution is 2.31. The lowest BCUT2D eigenvalue weighted by molar-refractivity contribution is 0.114. The van der Waals surface area contributed by atoms with Crippen LogP contribution < -0.4 is 0 Å². The maximum Gasteiger partial charge on any atom is 0.119 e. The SMILES string of the molecule is CC1CCCCN1C(C)c1cc(O)cc(O)c1. The van der Waals surface area contributed by atoms with Crippen LogP contribution in [0.4, 0.5) is 0 Å². The summed E-state index contributed by atoms with van der Waals surface area (Å²) in [4.78, 5) is 2.44. The van der Waals surface area contributed by atoms with Gasteiger partial charge in [-0.15, -0.1) is 0 Å². The quantitative estimate of drug-likeness (QED) is 0.828. The Labute approximate surface area is 103 Å². The van der Waals surface area contributed by atoms with Crippen molar-refractivity contribution in [3.63, 3.8) is 0 Å². The third-order valence-electron chi connectivity index (χ3n) is 3.76. The van der Waals surface area contributed by atoms with Crippen molar-refractivity contribution < 1.29 is 10.2 Å². The predicted molar refractivity (Wildman–Crippen MR) is 68.2 cm³/mol. The van der Waals surface area contributed by atoms with Gasteiger partial charge in [0.25, 0.3) is 0 Å². The molecular weight excluding hydrogens is 214 g/mol. The summed E-state index contributed by atoms with van der Waals surface area (Å²) in [7, 11) is 0. The van der Waals surface area contributed by atoms with Crippen LogP contribution in [0.3, 0.4) is 0 Å². The van der Waals surface area contributed by atoms with Crippen LogP contribution in [0.5, 0.6) is 11.5 Å². The zero-order valence-corrected chi connectivity index (χ0v) is 10.6. The number of hydrogen-bond acceptors (Lipinski definition) is 3. The average molecular weight is 235 g/mol. The largest absolute Gasteiger partial charge is 0.508 e. The highest BCUT2D eigenvalue weighted by atomic mass is 16.3. The van der Waals surface area contributed by atoms with E-state index in [0.717, 1.165) is 12.1 Å². The van der Waals surface area contributed by atoms with Crippen LogP contribution in [-0.2, 0) is 0 Å². The normalized spacial score (nSPS) is 23.5. The van der Waals surface area contributed by atoms with Gasteiger partial charge >= 0.3 is 0 Å². The Hall–Kier alpha value is -1.22. The van der Waals surface area contributed by atoms with Crippen molar-refractivity contribution in [1.82, 2.24) is 4.90 Å². The molecule has 0 bridgehead atoms. The molecule has 0 radical (unpaired) electrons. The maximum atomic E-state index is 9.53. The van der Waals surface area contributed by atoms with Crippen LogP contribution in [0.25, 0.3) is 0 Å². The lowest BCUT2D eigenvalue weighted by Crippen LogP contribution is -2.39. The summed E-state index contributed by atoms with van der Waals surface area (Å²) in [6.07, 6.45) is 3.77. The molecule has 1 heterocycles. The Morgan fingerprint density at radius 2 is 1.82 bits per heavy atom. The summed E-state index contributed by atoms with van der Waals surface area (Å²) in [5.74, 6) is 0.271. The fourth-order valence-corrected chi connectivity index (χ4v) is 2.75. The summed E-state index contributed by atoms with van der Waals surface area (Å²) in [5, 5.41) is 19.1. The Kier molecular flexibility index (Phi) is 3.57. The lowest BCUT2D eigenvalue weighted by atomic mass is 9.98. The van der Waals surface area contributed by atoms with Gasteiger partial charge in [-0.25, -0.2) is 0 Å².